The Balaban J connectivity index is 2.24. The number of nitrogens with one attached hydrogen (secondary N) is 2. The lowest BCUT2D eigenvalue weighted by molar-refractivity contribution is -0.118. The first-order valence-corrected chi connectivity index (χ1v) is 10.5. The van der Waals surface area contributed by atoms with Crippen LogP contribution >= 0.6 is 0 Å². The Labute approximate surface area is 161 Å². The van der Waals surface area contributed by atoms with E-state index >= 15 is 0 Å². The molecule has 0 fully saturated rings. The molecule has 0 heterocycles. The number of anilines is 1. The number of amides is 1. The monoisotopic (exact) mass is 389 g/mol. The van der Waals surface area contributed by atoms with Gasteiger partial charge in [-0.1, -0.05) is 56.7 Å². The van der Waals surface area contributed by atoms with Crippen LogP contribution < -0.4 is 15.8 Å². The summed E-state index contributed by atoms with van der Waals surface area (Å²) in [6, 6.07) is 15.8. The minimum absolute atomic E-state index is 0.0913. The zero-order valence-corrected chi connectivity index (χ0v) is 16.5. The fourth-order valence-electron chi connectivity index (χ4n) is 2.87. The second-order valence-corrected chi connectivity index (χ2v) is 8.24. The van der Waals surface area contributed by atoms with Crippen molar-refractivity contribution in [3.63, 3.8) is 0 Å². The van der Waals surface area contributed by atoms with Crippen LogP contribution in [0.5, 0.6) is 0 Å². The van der Waals surface area contributed by atoms with Gasteiger partial charge in [-0.05, 0) is 29.7 Å². The van der Waals surface area contributed by atoms with Gasteiger partial charge in [0.25, 0.3) is 0 Å². The lowest BCUT2D eigenvalue weighted by Gasteiger charge is -2.23. The number of benzene rings is 2. The first-order valence-electron chi connectivity index (χ1n) is 9.04. The van der Waals surface area contributed by atoms with Crippen molar-refractivity contribution in [1.29, 1.82) is 0 Å². The van der Waals surface area contributed by atoms with Crippen LogP contribution in [0.4, 0.5) is 5.69 Å². The van der Waals surface area contributed by atoms with Crippen molar-refractivity contribution in [1.82, 2.24) is 4.72 Å². The molecule has 0 bridgehead atoms. The van der Waals surface area contributed by atoms with E-state index in [1.165, 1.54) is 12.1 Å². The van der Waals surface area contributed by atoms with E-state index in [2.05, 4.69) is 10.0 Å². The SMILES string of the molecule is CCC(C)C(C(=O)Nc1cccc(S(=O)(=O)NCCN)c1)c1ccccc1. The molecular weight excluding hydrogens is 362 g/mol. The summed E-state index contributed by atoms with van der Waals surface area (Å²) in [5, 5.41) is 2.87. The predicted octanol–water partition coefficient (Wildman–Crippen LogP) is 2.69. The Bertz CT molecular complexity index is 854. The molecule has 2 unspecified atom stereocenters. The summed E-state index contributed by atoms with van der Waals surface area (Å²) in [6.07, 6.45) is 0.852. The van der Waals surface area contributed by atoms with Crippen LogP contribution in [0.15, 0.2) is 59.5 Å². The summed E-state index contributed by atoms with van der Waals surface area (Å²) in [5.41, 5.74) is 6.74. The molecule has 0 aromatic heterocycles. The Morgan fingerprint density at radius 2 is 1.81 bits per heavy atom. The smallest absolute Gasteiger partial charge is 0.240 e. The van der Waals surface area contributed by atoms with E-state index in [1.807, 2.05) is 44.2 Å². The molecule has 146 valence electrons. The van der Waals surface area contributed by atoms with Crippen molar-refractivity contribution in [2.45, 2.75) is 31.1 Å². The number of nitrogens with two attached hydrogens (primary N) is 1. The highest BCUT2D eigenvalue weighted by Gasteiger charge is 2.26. The largest absolute Gasteiger partial charge is 0.329 e. The van der Waals surface area contributed by atoms with E-state index in [0.717, 1.165) is 12.0 Å². The highest BCUT2D eigenvalue weighted by atomic mass is 32.2. The maximum Gasteiger partial charge on any atom is 0.240 e. The van der Waals surface area contributed by atoms with Gasteiger partial charge >= 0.3 is 0 Å². The third kappa shape index (κ3) is 5.63. The second kappa shape index (κ2) is 9.64. The van der Waals surface area contributed by atoms with Gasteiger partial charge in [-0.2, -0.15) is 0 Å². The molecule has 4 N–H and O–H groups in total. The summed E-state index contributed by atoms with van der Waals surface area (Å²) < 4.78 is 26.9. The standard InChI is InChI=1S/C20H27N3O3S/c1-3-15(2)19(16-8-5-4-6-9-16)20(24)23-17-10-7-11-18(14-17)27(25,26)22-13-12-21/h4-11,14-15,19,22H,3,12-13,21H2,1-2H3,(H,23,24). The Kier molecular flexibility index (Phi) is 7.53. The molecule has 27 heavy (non-hydrogen) atoms. The van der Waals surface area contributed by atoms with Crippen molar-refractivity contribution in [3.05, 3.63) is 60.2 Å². The molecule has 2 aromatic carbocycles. The van der Waals surface area contributed by atoms with Crippen molar-refractivity contribution >= 4 is 21.6 Å². The van der Waals surface area contributed by atoms with Gasteiger partial charge in [0, 0.05) is 18.8 Å². The maximum absolute atomic E-state index is 13.0. The first kappa shape index (κ1) is 21.1. The molecule has 0 saturated heterocycles. The molecule has 2 aromatic rings. The fourth-order valence-corrected chi connectivity index (χ4v) is 3.97. The number of carbonyl (C=O) groups excluding carboxylic acids is 1. The van der Waals surface area contributed by atoms with Gasteiger partial charge in [0.2, 0.25) is 15.9 Å². The van der Waals surface area contributed by atoms with Gasteiger partial charge in [0.1, 0.15) is 0 Å². The second-order valence-electron chi connectivity index (χ2n) is 6.48. The molecule has 0 aliphatic heterocycles. The molecule has 0 radical (unpaired) electrons. The molecule has 1 amide bonds. The minimum atomic E-state index is -3.66. The molecule has 6 nitrogen and oxygen atoms in total. The van der Waals surface area contributed by atoms with Crippen molar-refractivity contribution in [2.24, 2.45) is 11.7 Å². The average Bonchev–Trinajstić information content (AvgIpc) is 2.67. The topological polar surface area (TPSA) is 101 Å². The first-order chi connectivity index (χ1) is 12.9. The van der Waals surface area contributed by atoms with Crippen LogP contribution in [0.25, 0.3) is 0 Å². The number of rotatable bonds is 9. The summed E-state index contributed by atoms with van der Waals surface area (Å²) in [5.74, 6) is -0.322. The molecular formula is C20H27N3O3S. The van der Waals surface area contributed by atoms with E-state index in [9.17, 15) is 13.2 Å². The van der Waals surface area contributed by atoms with Crippen LogP contribution in [0, 0.1) is 5.92 Å². The number of hydrogen-bond acceptors (Lipinski definition) is 4. The third-order valence-electron chi connectivity index (χ3n) is 4.50. The lowest BCUT2D eigenvalue weighted by Crippen LogP contribution is -2.29. The fraction of sp³-hybridized carbons (Fsp3) is 0.350. The van der Waals surface area contributed by atoms with Gasteiger partial charge in [-0.15, -0.1) is 0 Å². The van der Waals surface area contributed by atoms with Crippen molar-refractivity contribution in [3.8, 4) is 0 Å². The van der Waals surface area contributed by atoms with Gasteiger partial charge in [0.15, 0.2) is 0 Å². The Hall–Kier alpha value is -2.22. The molecule has 0 spiro atoms. The molecule has 0 saturated carbocycles. The highest BCUT2D eigenvalue weighted by Crippen LogP contribution is 2.28. The van der Waals surface area contributed by atoms with E-state index < -0.39 is 10.0 Å². The van der Waals surface area contributed by atoms with Gasteiger partial charge in [-0.3, -0.25) is 4.79 Å². The lowest BCUT2D eigenvalue weighted by atomic mass is 9.85. The minimum Gasteiger partial charge on any atom is -0.329 e. The number of hydrogen-bond donors (Lipinski definition) is 3. The Morgan fingerprint density at radius 1 is 1.11 bits per heavy atom. The van der Waals surface area contributed by atoms with Crippen molar-refractivity contribution in [2.75, 3.05) is 18.4 Å². The summed E-state index contributed by atoms with van der Waals surface area (Å²) in [6.45, 7) is 4.45. The van der Waals surface area contributed by atoms with E-state index in [4.69, 9.17) is 5.73 Å². The Morgan fingerprint density at radius 3 is 2.44 bits per heavy atom. The van der Waals surface area contributed by atoms with E-state index in [1.54, 1.807) is 12.1 Å². The quantitative estimate of drug-likeness (QED) is 0.614. The molecule has 7 heteroatoms. The summed E-state index contributed by atoms with van der Waals surface area (Å²) >= 11 is 0. The maximum atomic E-state index is 13.0. The highest BCUT2D eigenvalue weighted by molar-refractivity contribution is 7.89. The van der Waals surface area contributed by atoms with Crippen LogP contribution in [0.3, 0.4) is 0 Å². The normalized spacial score (nSPS) is 13.7. The average molecular weight is 390 g/mol. The molecule has 2 atom stereocenters. The summed E-state index contributed by atoms with van der Waals surface area (Å²) in [4.78, 5) is 13.0. The zero-order chi connectivity index (χ0) is 19.9. The van der Waals surface area contributed by atoms with Crippen LogP contribution in [-0.2, 0) is 14.8 Å². The molecule has 2 rings (SSSR count). The number of sulfonamides is 1. The van der Waals surface area contributed by atoms with Gasteiger partial charge in [-0.25, -0.2) is 13.1 Å². The molecule has 0 aliphatic carbocycles. The van der Waals surface area contributed by atoms with Crippen LogP contribution in [-0.4, -0.2) is 27.4 Å². The van der Waals surface area contributed by atoms with E-state index in [0.29, 0.717) is 5.69 Å². The van der Waals surface area contributed by atoms with Crippen LogP contribution in [0.2, 0.25) is 0 Å². The van der Waals surface area contributed by atoms with Crippen molar-refractivity contribution < 1.29 is 13.2 Å². The summed E-state index contributed by atoms with van der Waals surface area (Å²) in [7, 11) is -3.66. The van der Waals surface area contributed by atoms with Gasteiger partial charge in [0.05, 0.1) is 10.8 Å². The van der Waals surface area contributed by atoms with Crippen LogP contribution in [0.1, 0.15) is 31.7 Å². The van der Waals surface area contributed by atoms with Gasteiger partial charge < -0.3 is 11.1 Å². The molecule has 0 aliphatic rings. The third-order valence-corrected chi connectivity index (χ3v) is 5.96. The number of carbonyl (C=O) groups is 1. The predicted molar refractivity (Wildman–Crippen MR) is 108 cm³/mol. The van der Waals surface area contributed by atoms with E-state index in [-0.39, 0.29) is 35.7 Å². The zero-order valence-electron chi connectivity index (χ0n) is 15.7.